The molecule has 3 rings (SSSR count). The molecule has 0 atom stereocenters. The van der Waals surface area contributed by atoms with Gasteiger partial charge >= 0.3 is 0 Å². The number of benzene rings is 2. The Morgan fingerprint density at radius 3 is 2.35 bits per heavy atom. The van der Waals surface area contributed by atoms with Crippen LogP contribution in [-0.2, 0) is 16.6 Å². The number of rotatable bonds is 5. The standard InChI is InChI=1S/C17H16N2O2S2/c1-13-2-8-16(9-3-13)23(20,21)19-12-14-4-6-15(7-5-14)17-18-10-11-22-17/h2-11,19H,12H2,1H3. The van der Waals surface area contributed by atoms with Gasteiger partial charge in [0.15, 0.2) is 0 Å². The number of hydrogen-bond acceptors (Lipinski definition) is 4. The lowest BCUT2D eigenvalue weighted by Gasteiger charge is -2.07. The van der Waals surface area contributed by atoms with Crippen molar-refractivity contribution in [2.24, 2.45) is 0 Å². The molecular weight excluding hydrogens is 328 g/mol. The Kier molecular flexibility index (Phi) is 4.56. The molecule has 3 aromatic rings. The zero-order valence-electron chi connectivity index (χ0n) is 12.6. The highest BCUT2D eigenvalue weighted by Crippen LogP contribution is 2.22. The highest BCUT2D eigenvalue weighted by Gasteiger charge is 2.13. The lowest BCUT2D eigenvalue weighted by atomic mass is 10.1. The van der Waals surface area contributed by atoms with Gasteiger partial charge in [-0.2, -0.15) is 0 Å². The van der Waals surface area contributed by atoms with Gasteiger partial charge in [0.25, 0.3) is 0 Å². The first-order valence-electron chi connectivity index (χ1n) is 7.10. The van der Waals surface area contributed by atoms with Crippen LogP contribution in [0.3, 0.4) is 0 Å². The lowest BCUT2D eigenvalue weighted by Crippen LogP contribution is -2.23. The van der Waals surface area contributed by atoms with Crippen molar-refractivity contribution in [1.82, 2.24) is 9.71 Å². The zero-order valence-corrected chi connectivity index (χ0v) is 14.2. The largest absolute Gasteiger partial charge is 0.245 e. The second-order valence-corrected chi connectivity index (χ2v) is 7.83. The van der Waals surface area contributed by atoms with Gasteiger partial charge in [-0.3, -0.25) is 0 Å². The first-order chi connectivity index (χ1) is 11.0. The average molecular weight is 344 g/mol. The summed E-state index contributed by atoms with van der Waals surface area (Å²) < 4.78 is 27.1. The third kappa shape index (κ3) is 3.85. The quantitative estimate of drug-likeness (QED) is 0.769. The van der Waals surface area contributed by atoms with E-state index in [-0.39, 0.29) is 11.4 Å². The van der Waals surface area contributed by atoms with Crippen LogP contribution in [0.5, 0.6) is 0 Å². The molecule has 1 N–H and O–H groups in total. The van der Waals surface area contributed by atoms with Gasteiger partial charge in [0, 0.05) is 23.7 Å². The Morgan fingerprint density at radius 1 is 1.04 bits per heavy atom. The third-order valence-corrected chi connectivity index (χ3v) is 5.67. The number of nitrogens with one attached hydrogen (secondary N) is 1. The maximum absolute atomic E-state index is 12.3. The summed E-state index contributed by atoms with van der Waals surface area (Å²) >= 11 is 1.58. The molecule has 23 heavy (non-hydrogen) atoms. The number of thiazole rings is 1. The normalized spacial score (nSPS) is 11.5. The van der Waals surface area contributed by atoms with Crippen LogP contribution in [0.15, 0.2) is 65.0 Å². The summed E-state index contributed by atoms with van der Waals surface area (Å²) in [4.78, 5) is 4.54. The molecule has 6 heteroatoms. The molecule has 0 radical (unpaired) electrons. The van der Waals surface area contributed by atoms with Gasteiger partial charge in [-0.1, -0.05) is 42.0 Å². The van der Waals surface area contributed by atoms with Crippen molar-refractivity contribution in [3.63, 3.8) is 0 Å². The van der Waals surface area contributed by atoms with E-state index in [0.29, 0.717) is 0 Å². The molecule has 0 amide bonds. The number of aryl methyl sites for hydroxylation is 1. The number of nitrogens with zero attached hydrogens (tertiary/aromatic N) is 1. The average Bonchev–Trinajstić information content (AvgIpc) is 3.08. The van der Waals surface area contributed by atoms with Gasteiger partial charge in [0.1, 0.15) is 5.01 Å². The van der Waals surface area contributed by atoms with Crippen molar-refractivity contribution in [2.75, 3.05) is 0 Å². The van der Waals surface area contributed by atoms with E-state index in [1.54, 1.807) is 41.8 Å². The second kappa shape index (κ2) is 6.62. The molecule has 0 saturated heterocycles. The van der Waals surface area contributed by atoms with Crippen LogP contribution in [0.2, 0.25) is 0 Å². The molecule has 0 bridgehead atoms. The summed E-state index contributed by atoms with van der Waals surface area (Å²) in [5.41, 5.74) is 2.97. The van der Waals surface area contributed by atoms with E-state index in [4.69, 9.17) is 0 Å². The van der Waals surface area contributed by atoms with Gasteiger partial charge in [0.05, 0.1) is 4.90 Å². The fourth-order valence-corrected chi connectivity index (χ4v) is 3.77. The third-order valence-electron chi connectivity index (χ3n) is 3.43. The molecule has 0 saturated carbocycles. The minimum absolute atomic E-state index is 0.258. The van der Waals surface area contributed by atoms with Crippen LogP contribution >= 0.6 is 11.3 Å². The summed E-state index contributed by atoms with van der Waals surface area (Å²) in [6.07, 6.45) is 1.77. The van der Waals surface area contributed by atoms with Crippen molar-refractivity contribution in [2.45, 2.75) is 18.4 Å². The highest BCUT2D eigenvalue weighted by atomic mass is 32.2. The van der Waals surface area contributed by atoms with Gasteiger partial charge in [-0.05, 0) is 24.6 Å². The Morgan fingerprint density at radius 2 is 1.74 bits per heavy atom. The molecule has 0 fully saturated rings. The second-order valence-electron chi connectivity index (χ2n) is 5.17. The first-order valence-corrected chi connectivity index (χ1v) is 9.46. The van der Waals surface area contributed by atoms with Gasteiger partial charge in [0.2, 0.25) is 10.0 Å². The number of sulfonamides is 1. The van der Waals surface area contributed by atoms with Crippen molar-refractivity contribution in [1.29, 1.82) is 0 Å². The monoisotopic (exact) mass is 344 g/mol. The van der Waals surface area contributed by atoms with Crippen LogP contribution in [0.1, 0.15) is 11.1 Å². The van der Waals surface area contributed by atoms with E-state index in [1.807, 2.05) is 36.6 Å². The molecule has 4 nitrogen and oxygen atoms in total. The van der Waals surface area contributed by atoms with Crippen LogP contribution in [0, 0.1) is 6.92 Å². The Bertz CT molecular complexity index is 869. The molecule has 0 spiro atoms. The lowest BCUT2D eigenvalue weighted by molar-refractivity contribution is 0.581. The number of hydrogen-bond donors (Lipinski definition) is 1. The van der Waals surface area contributed by atoms with Crippen LogP contribution < -0.4 is 4.72 Å². The molecule has 1 heterocycles. The van der Waals surface area contributed by atoms with E-state index < -0.39 is 10.0 Å². The van der Waals surface area contributed by atoms with E-state index in [1.165, 1.54) is 0 Å². The summed E-state index contributed by atoms with van der Waals surface area (Å²) in [5, 5.41) is 2.88. The number of aromatic nitrogens is 1. The molecular formula is C17H16N2O2S2. The topological polar surface area (TPSA) is 59.1 Å². The highest BCUT2D eigenvalue weighted by molar-refractivity contribution is 7.89. The van der Waals surface area contributed by atoms with Gasteiger partial charge < -0.3 is 0 Å². The van der Waals surface area contributed by atoms with E-state index in [2.05, 4.69) is 9.71 Å². The van der Waals surface area contributed by atoms with E-state index in [0.717, 1.165) is 21.7 Å². The molecule has 0 aliphatic carbocycles. The van der Waals surface area contributed by atoms with Crippen LogP contribution in [0.4, 0.5) is 0 Å². The van der Waals surface area contributed by atoms with E-state index >= 15 is 0 Å². The summed E-state index contributed by atoms with van der Waals surface area (Å²) in [6.45, 7) is 2.18. The predicted molar refractivity (Wildman–Crippen MR) is 92.8 cm³/mol. The maximum atomic E-state index is 12.3. The molecule has 0 aliphatic rings. The van der Waals surface area contributed by atoms with Crippen molar-refractivity contribution in [3.05, 3.63) is 71.2 Å². The fraction of sp³-hybridized carbons (Fsp3) is 0.118. The fourth-order valence-electron chi connectivity index (χ4n) is 2.11. The molecule has 118 valence electrons. The van der Waals surface area contributed by atoms with Crippen molar-refractivity contribution < 1.29 is 8.42 Å². The van der Waals surface area contributed by atoms with Crippen LogP contribution in [-0.4, -0.2) is 13.4 Å². The predicted octanol–water partition coefficient (Wildman–Crippen LogP) is 3.60. The SMILES string of the molecule is Cc1ccc(S(=O)(=O)NCc2ccc(-c3nccs3)cc2)cc1. The Labute approximate surface area is 139 Å². The molecule has 0 unspecified atom stereocenters. The summed E-state index contributed by atoms with van der Waals surface area (Å²) in [6, 6.07) is 14.5. The van der Waals surface area contributed by atoms with Crippen LogP contribution in [0.25, 0.3) is 10.6 Å². The van der Waals surface area contributed by atoms with E-state index in [9.17, 15) is 8.42 Å². The minimum Gasteiger partial charge on any atom is -0.245 e. The molecule has 0 aliphatic heterocycles. The molecule has 1 aromatic heterocycles. The van der Waals surface area contributed by atoms with Crippen molar-refractivity contribution in [3.8, 4) is 10.6 Å². The van der Waals surface area contributed by atoms with Gasteiger partial charge in [-0.15, -0.1) is 11.3 Å². The smallest absolute Gasteiger partial charge is 0.240 e. The van der Waals surface area contributed by atoms with Crippen molar-refractivity contribution >= 4 is 21.4 Å². The summed E-state index contributed by atoms with van der Waals surface area (Å²) in [7, 11) is -3.49. The summed E-state index contributed by atoms with van der Waals surface area (Å²) in [5.74, 6) is 0. The first kappa shape index (κ1) is 15.9. The Hall–Kier alpha value is -2.02. The van der Waals surface area contributed by atoms with Gasteiger partial charge in [-0.25, -0.2) is 18.1 Å². The maximum Gasteiger partial charge on any atom is 0.240 e. The zero-order chi connectivity index (χ0) is 16.3. The molecule has 2 aromatic carbocycles. The minimum atomic E-state index is -3.49. The Balaban J connectivity index is 1.69.